The maximum absolute atomic E-state index is 13.2. The molecule has 0 radical (unpaired) electrons. The van der Waals surface area contributed by atoms with Crippen LogP contribution < -0.4 is 0 Å². The highest BCUT2D eigenvalue weighted by atomic mass is 19.1. The van der Waals surface area contributed by atoms with Gasteiger partial charge in [0, 0.05) is 31.0 Å². The number of piperidine rings is 1. The number of nitrogens with zero attached hydrogens (tertiary/aromatic N) is 1. The fraction of sp³-hybridized carbons (Fsp3) is 0.500. The number of amides is 1. The van der Waals surface area contributed by atoms with Crippen LogP contribution in [0, 0.1) is 18.7 Å². The molecular weight excluding hydrogens is 257 g/mol. The largest absolute Gasteiger partial charge is 0.343 e. The average molecular weight is 277 g/mol. The summed E-state index contributed by atoms with van der Waals surface area (Å²) < 4.78 is 13.2. The van der Waals surface area contributed by atoms with Gasteiger partial charge in [-0.1, -0.05) is 6.92 Å². The lowest BCUT2D eigenvalue weighted by molar-refractivity contribution is -0.132. The van der Waals surface area contributed by atoms with Crippen molar-refractivity contribution in [3.63, 3.8) is 0 Å². The van der Waals surface area contributed by atoms with Crippen molar-refractivity contribution in [3.05, 3.63) is 35.1 Å². The van der Waals surface area contributed by atoms with Gasteiger partial charge in [0.1, 0.15) is 5.82 Å². The van der Waals surface area contributed by atoms with Crippen LogP contribution in [0.15, 0.2) is 18.2 Å². The third kappa shape index (κ3) is 3.06. The number of hydrogen-bond donors (Lipinski definition) is 0. The summed E-state index contributed by atoms with van der Waals surface area (Å²) in [6, 6.07) is 4.51. The Hall–Kier alpha value is -1.71. The molecule has 0 bridgehead atoms. The first-order chi connectivity index (χ1) is 9.52. The Kier molecular flexibility index (Phi) is 4.53. The summed E-state index contributed by atoms with van der Waals surface area (Å²) in [7, 11) is 0. The number of benzene rings is 1. The second-order valence-electron chi connectivity index (χ2n) is 5.34. The Bertz CT molecular complexity index is 519. The molecule has 0 N–H and O–H groups in total. The molecule has 1 fully saturated rings. The number of likely N-dealkylation sites (tertiary alicyclic amines) is 1. The summed E-state index contributed by atoms with van der Waals surface area (Å²) in [5.41, 5.74) is 1.07. The standard InChI is InChI=1S/C16H20FNO2/c1-3-15(19)18-8-6-12(7-9-18)16(20)13-4-5-14(17)11(2)10-13/h4-5,10,12H,3,6-9H2,1-2H3. The molecule has 2 rings (SSSR count). The molecule has 1 heterocycles. The Morgan fingerprint density at radius 1 is 1.30 bits per heavy atom. The van der Waals surface area contributed by atoms with E-state index >= 15 is 0 Å². The number of aryl methyl sites for hydroxylation is 1. The number of rotatable bonds is 3. The van der Waals surface area contributed by atoms with Crippen LogP contribution >= 0.6 is 0 Å². The van der Waals surface area contributed by atoms with Gasteiger partial charge in [-0.15, -0.1) is 0 Å². The predicted molar refractivity (Wildman–Crippen MR) is 75.1 cm³/mol. The SMILES string of the molecule is CCC(=O)N1CCC(C(=O)c2ccc(F)c(C)c2)CC1. The van der Waals surface area contributed by atoms with Gasteiger partial charge in [0.05, 0.1) is 0 Å². The van der Waals surface area contributed by atoms with Crippen molar-refractivity contribution in [2.75, 3.05) is 13.1 Å². The van der Waals surface area contributed by atoms with Crippen molar-refractivity contribution >= 4 is 11.7 Å². The molecule has 1 saturated heterocycles. The van der Waals surface area contributed by atoms with Gasteiger partial charge >= 0.3 is 0 Å². The molecule has 1 aromatic carbocycles. The number of hydrogen-bond acceptors (Lipinski definition) is 2. The van der Waals surface area contributed by atoms with E-state index in [0.717, 1.165) is 0 Å². The van der Waals surface area contributed by atoms with E-state index in [1.165, 1.54) is 6.07 Å². The van der Waals surface area contributed by atoms with Crippen molar-refractivity contribution in [2.24, 2.45) is 5.92 Å². The molecule has 108 valence electrons. The maximum atomic E-state index is 13.2. The lowest BCUT2D eigenvalue weighted by Crippen LogP contribution is -2.39. The third-order valence-corrected chi connectivity index (χ3v) is 3.96. The molecule has 0 aliphatic carbocycles. The minimum absolute atomic E-state index is 0.0548. The fourth-order valence-electron chi connectivity index (χ4n) is 2.65. The van der Waals surface area contributed by atoms with E-state index in [0.29, 0.717) is 43.5 Å². The van der Waals surface area contributed by atoms with Crippen LogP contribution in [0.5, 0.6) is 0 Å². The Morgan fingerprint density at radius 3 is 2.50 bits per heavy atom. The second-order valence-corrected chi connectivity index (χ2v) is 5.34. The first-order valence-electron chi connectivity index (χ1n) is 7.11. The van der Waals surface area contributed by atoms with Gasteiger partial charge in [0.25, 0.3) is 0 Å². The van der Waals surface area contributed by atoms with Crippen molar-refractivity contribution in [2.45, 2.75) is 33.1 Å². The van der Waals surface area contributed by atoms with Crippen LogP contribution in [0.4, 0.5) is 4.39 Å². The normalized spacial score (nSPS) is 16.2. The van der Waals surface area contributed by atoms with Crippen molar-refractivity contribution in [1.82, 2.24) is 4.90 Å². The average Bonchev–Trinajstić information content (AvgIpc) is 2.48. The van der Waals surface area contributed by atoms with Crippen LogP contribution in [0.25, 0.3) is 0 Å². The molecule has 3 nitrogen and oxygen atoms in total. The molecule has 1 aliphatic heterocycles. The van der Waals surface area contributed by atoms with E-state index in [1.54, 1.807) is 19.1 Å². The maximum Gasteiger partial charge on any atom is 0.222 e. The van der Waals surface area contributed by atoms with Crippen molar-refractivity contribution in [1.29, 1.82) is 0 Å². The van der Waals surface area contributed by atoms with E-state index in [4.69, 9.17) is 0 Å². The summed E-state index contributed by atoms with van der Waals surface area (Å²) in [5, 5.41) is 0. The fourth-order valence-corrected chi connectivity index (χ4v) is 2.65. The summed E-state index contributed by atoms with van der Waals surface area (Å²) >= 11 is 0. The topological polar surface area (TPSA) is 37.4 Å². The highest BCUT2D eigenvalue weighted by molar-refractivity contribution is 5.98. The molecule has 0 atom stereocenters. The zero-order valence-corrected chi connectivity index (χ0v) is 12.0. The third-order valence-electron chi connectivity index (χ3n) is 3.96. The number of Topliss-reactive ketones (excluding diaryl/α,β-unsaturated/α-hetero) is 1. The number of ketones is 1. The first-order valence-corrected chi connectivity index (χ1v) is 7.11. The highest BCUT2D eigenvalue weighted by Crippen LogP contribution is 2.23. The van der Waals surface area contributed by atoms with Crippen LogP contribution in [0.2, 0.25) is 0 Å². The first kappa shape index (κ1) is 14.7. The summed E-state index contributed by atoms with van der Waals surface area (Å²) in [6.45, 7) is 4.79. The molecular formula is C16H20FNO2. The van der Waals surface area contributed by atoms with E-state index < -0.39 is 0 Å². The Labute approximate surface area is 118 Å². The number of halogens is 1. The van der Waals surface area contributed by atoms with Crippen molar-refractivity contribution < 1.29 is 14.0 Å². The lowest BCUT2D eigenvalue weighted by atomic mass is 9.88. The van der Waals surface area contributed by atoms with Gasteiger partial charge < -0.3 is 4.90 Å². The minimum Gasteiger partial charge on any atom is -0.343 e. The van der Waals surface area contributed by atoms with Gasteiger partial charge in [-0.05, 0) is 43.5 Å². The van der Waals surface area contributed by atoms with Gasteiger partial charge in [0.15, 0.2) is 5.78 Å². The molecule has 0 unspecified atom stereocenters. The van der Waals surface area contributed by atoms with Crippen LogP contribution in [-0.2, 0) is 4.79 Å². The second kappa shape index (κ2) is 6.16. The van der Waals surface area contributed by atoms with Gasteiger partial charge in [-0.25, -0.2) is 4.39 Å². The van der Waals surface area contributed by atoms with Crippen molar-refractivity contribution in [3.8, 4) is 0 Å². The predicted octanol–water partition coefficient (Wildman–Crippen LogP) is 2.97. The summed E-state index contributed by atoms with van der Waals surface area (Å²) in [4.78, 5) is 25.8. The number of carbonyl (C=O) groups is 2. The monoisotopic (exact) mass is 277 g/mol. The van der Waals surface area contributed by atoms with Gasteiger partial charge in [-0.3, -0.25) is 9.59 Å². The molecule has 1 aliphatic rings. The summed E-state index contributed by atoms with van der Waals surface area (Å²) in [6.07, 6.45) is 1.90. The molecule has 0 saturated carbocycles. The van der Waals surface area contributed by atoms with Gasteiger partial charge in [-0.2, -0.15) is 0 Å². The molecule has 0 aromatic heterocycles. The van der Waals surface area contributed by atoms with Gasteiger partial charge in [0.2, 0.25) is 5.91 Å². The Balaban J connectivity index is 2.01. The van der Waals surface area contributed by atoms with Crippen LogP contribution in [0.1, 0.15) is 42.1 Å². The molecule has 1 amide bonds. The van der Waals surface area contributed by atoms with E-state index in [-0.39, 0.29) is 23.4 Å². The highest BCUT2D eigenvalue weighted by Gasteiger charge is 2.27. The minimum atomic E-state index is -0.287. The van der Waals surface area contributed by atoms with Crippen LogP contribution in [-0.4, -0.2) is 29.7 Å². The zero-order valence-electron chi connectivity index (χ0n) is 12.0. The van der Waals surface area contributed by atoms with E-state index in [1.807, 2.05) is 11.8 Å². The van der Waals surface area contributed by atoms with E-state index in [9.17, 15) is 14.0 Å². The summed E-state index contributed by atoms with van der Waals surface area (Å²) in [5.74, 6) is -0.129. The molecule has 0 spiro atoms. The molecule has 1 aromatic rings. The smallest absolute Gasteiger partial charge is 0.222 e. The van der Waals surface area contributed by atoms with Crippen LogP contribution in [0.3, 0.4) is 0 Å². The molecule has 20 heavy (non-hydrogen) atoms. The zero-order chi connectivity index (χ0) is 14.7. The number of carbonyl (C=O) groups excluding carboxylic acids is 2. The lowest BCUT2D eigenvalue weighted by Gasteiger charge is -2.31. The quantitative estimate of drug-likeness (QED) is 0.797. The Morgan fingerprint density at radius 2 is 1.95 bits per heavy atom. The molecule has 4 heteroatoms. The van der Waals surface area contributed by atoms with E-state index in [2.05, 4.69) is 0 Å².